The number of nitrogens with zero attached hydrogens (tertiary/aromatic N) is 1. The summed E-state index contributed by atoms with van der Waals surface area (Å²) in [6.07, 6.45) is 2.68. The van der Waals surface area contributed by atoms with Crippen LogP contribution in [0.5, 0.6) is 5.75 Å². The summed E-state index contributed by atoms with van der Waals surface area (Å²) in [7, 11) is -4.68. The number of ether oxygens (including phenoxy) is 1. The Morgan fingerprint density at radius 3 is 2.00 bits per heavy atom. The van der Waals surface area contributed by atoms with Crippen molar-refractivity contribution >= 4 is 15.9 Å². The monoisotopic (exact) mass is 629 g/mol. The topological polar surface area (TPSA) is 102 Å². The molecule has 0 aromatic heterocycles. The van der Waals surface area contributed by atoms with Crippen molar-refractivity contribution in [3.63, 3.8) is 0 Å². The molecule has 1 amide bonds. The van der Waals surface area contributed by atoms with E-state index in [0.717, 1.165) is 25.7 Å². The Balaban J connectivity index is 1.40. The second kappa shape index (κ2) is 12.3. The van der Waals surface area contributed by atoms with E-state index in [1.807, 2.05) is 4.72 Å². The maximum atomic E-state index is 16.1. The summed E-state index contributed by atoms with van der Waals surface area (Å²) >= 11 is 0. The highest BCUT2D eigenvalue weighted by Crippen LogP contribution is 2.41. The first-order chi connectivity index (χ1) is 20.3. The molecule has 2 heterocycles. The van der Waals surface area contributed by atoms with Crippen LogP contribution in [0.15, 0.2) is 53.4 Å². The van der Waals surface area contributed by atoms with Crippen molar-refractivity contribution in [1.29, 1.82) is 0 Å². The molecule has 3 fully saturated rings. The van der Waals surface area contributed by atoms with Crippen molar-refractivity contribution in [1.82, 2.24) is 9.62 Å². The van der Waals surface area contributed by atoms with Crippen LogP contribution in [-0.4, -0.2) is 50.0 Å². The number of nitrogens with one attached hydrogen (secondary N) is 1. The van der Waals surface area contributed by atoms with Gasteiger partial charge in [-0.25, -0.2) is 8.42 Å². The molecule has 2 bridgehead atoms. The number of carbonyl (C=O) groups is 1. The molecule has 7 nitrogen and oxygen atoms in total. The number of fused-ring (bicyclic) bond motifs is 2. The second-order valence-corrected chi connectivity index (χ2v) is 13.6. The van der Waals surface area contributed by atoms with Crippen LogP contribution in [-0.2, 0) is 26.9 Å². The molecule has 2 saturated heterocycles. The molecule has 3 atom stereocenters. The summed E-state index contributed by atoms with van der Waals surface area (Å²) in [5.74, 6) is -4.48. The van der Waals surface area contributed by atoms with Gasteiger partial charge in [-0.2, -0.15) is 26.7 Å². The minimum absolute atomic E-state index is 0.217. The van der Waals surface area contributed by atoms with Crippen LogP contribution >= 0.6 is 0 Å². The summed E-state index contributed by atoms with van der Waals surface area (Å²) in [5.41, 5.74) is 4.00. The van der Waals surface area contributed by atoms with Gasteiger partial charge in [0.2, 0.25) is 15.9 Å². The molecule has 5 rings (SSSR count). The van der Waals surface area contributed by atoms with Crippen molar-refractivity contribution in [2.24, 2.45) is 11.7 Å². The zero-order valence-corrected chi connectivity index (χ0v) is 24.3. The molecule has 236 valence electrons. The van der Waals surface area contributed by atoms with Gasteiger partial charge in [0.25, 0.3) is 5.92 Å². The van der Waals surface area contributed by atoms with Crippen LogP contribution in [0.2, 0.25) is 0 Å². The molecule has 3 unspecified atom stereocenters. The molecule has 0 radical (unpaired) electrons. The van der Waals surface area contributed by atoms with Gasteiger partial charge in [0.15, 0.2) is 6.04 Å². The average Bonchev–Trinajstić information content (AvgIpc) is 3.25. The van der Waals surface area contributed by atoms with Crippen molar-refractivity contribution in [3.8, 4) is 5.75 Å². The summed E-state index contributed by atoms with van der Waals surface area (Å²) < 4.78 is 106. The maximum absolute atomic E-state index is 16.1. The van der Waals surface area contributed by atoms with Crippen molar-refractivity contribution < 1.29 is 39.9 Å². The lowest BCUT2D eigenvalue weighted by atomic mass is 9.90. The molecular weight excluding hydrogens is 593 g/mol. The van der Waals surface area contributed by atoms with Gasteiger partial charge in [-0.15, -0.1) is 0 Å². The third-order valence-electron chi connectivity index (χ3n) is 8.85. The number of sulfonamides is 1. The molecule has 3 aliphatic rings. The molecule has 0 spiro atoms. The van der Waals surface area contributed by atoms with E-state index in [0.29, 0.717) is 68.2 Å². The van der Waals surface area contributed by atoms with E-state index in [-0.39, 0.29) is 10.9 Å². The van der Waals surface area contributed by atoms with Crippen molar-refractivity contribution in [2.45, 2.75) is 98.9 Å². The van der Waals surface area contributed by atoms with Crippen LogP contribution in [0, 0.1) is 5.92 Å². The molecule has 2 aromatic rings. The third kappa shape index (κ3) is 6.99. The first kappa shape index (κ1) is 31.6. The van der Waals surface area contributed by atoms with E-state index >= 15 is 8.78 Å². The Morgan fingerprint density at radius 2 is 1.44 bits per heavy atom. The zero-order chi connectivity index (χ0) is 31.0. The number of piperidine rings is 1. The van der Waals surface area contributed by atoms with Gasteiger partial charge in [0, 0.05) is 23.7 Å². The molecule has 1 saturated carbocycles. The fourth-order valence-electron chi connectivity index (χ4n) is 6.56. The standard InChI is InChI=1S/C30H36F5N3O4S/c31-29(32,20-6-8-21(9-7-20)30(33,34)35)27(28(39)38-23-10-11-24(38)17-22(36)16-23)37-43(40,41)26-14-12-25(13-15-26)42-18-19-4-2-1-3-5-19/h6-9,12-15,19,22-24,27,37H,1-5,10-11,16-18,36H2. The van der Waals surface area contributed by atoms with Crippen LogP contribution < -0.4 is 15.2 Å². The number of halogens is 5. The Morgan fingerprint density at radius 1 is 0.884 bits per heavy atom. The first-order valence-corrected chi connectivity index (χ1v) is 16.1. The normalized spacial score (nSPS) is 24.1. The zero-order valence-electron chi connectivity index (χ0n) is 23.5. The van der Waals surface area contributed by atoms with E-state index in [2.05, 4.69) is 0 Å². The molecular formula is C30H36F5N3O4S. The average molecular weight is 630 g/mol. The Labute approximate surface area is 248 Å². The number of alkyl halides is 5. The summed E-state index contributed by atoms with van der Waals surface area (Å²) in [6, 6.07) is 3.68. The van der Waals surface area contributed by atoms with E-state index in [4.69, 9.17) is 10.5 Å². The van der Waals surface area contributed by atoms with Gasteiger partial charge in [0.05, 0.1) is 17.1 Å². The van der Waals surface area contributed by atoms with E-state index < -0.39 is 57.3 Å². The number of nitrogens with two attached hydrogens (primary N) is 1. The van der Waals surface area contributed by atoms with Gasteiger partial charge in [-0.3, -0.25) is 4.79 Å². The summed E-state index contributed by atoms with van der Waals surface area (Å²) in [4.78, 5) is 14.7. The third-order valence-corrected chi connectivity index (χ3v) is 10.3. The lowest BCUT2D eigenvalue weighted by Gasteiger charge is -2.41. The maximum Gasteiger partial charge on any atom is 0.416 e. The highest BCUT2D eigenvalue weighted by Gasteiger charge is 2.53. The molecule has 13 heteroatoms. The second-order valence-electron chi connectivity index (χ2n) is 11.9. The Kier molecular flexibility index (Phi) is 9.06. The van der Waals surface area contributed by atoms with E-state index in [1.165, 1.54) is 35.6 Å². The minimum atomic E-state index is -4.76. The highest BCUT2D eigenvalue weighted by molar-refractivity contribution is 7.89. The quantitative estimate of drug-likeness (QED) is 0.353. The van der Waals surface area contributed by atoms with Gasteiger partial charge < -0.3 is 15.4 Å². The van der Waals surface area contributed by atoms with Crippen LogP contribution in [0.4, 0.5) is 22.0 Å². The van der Waals surface area contributed by atoms with Crippen molar-refractivity contribution in [2.75, 3.05) is 6.61 Å². The van der Waals surface area contributed by atoms with E-state index in [9.17, 15) is 26.4 Å². The molecule has 1 aliphatic carbocycles. The van der Waals surface area contributed by atoms with Crippen LogP contribution in [0.1, 0.15) is 68.9 Å². The van der Waals surface area contributed by atoms with Gasteiger partial charge in [-0.05, 0) is 80.8 Å². The van der Waals surface area contributed by atoms with Crippen molar-refractivity contribution in [3.05, 3.63) is 59.7 Å². The number of benzene rings is 2. The largest absolute Gasteiger partial charge is 0.493 e. The van der Waals surface area contributed by atoms with Gasteiger partial charge in [0.1, 0.15) is 5.75 Å². The highest BCUT2D eigenvalue weighted by atomic mass is 32.2. The fraction of sp³-hybridized carbons (Fsp3) is 0.567. The van der Waals surface area contributed by atoms with Gasteiger partial charge >= 0.3 is 6.18 Å². The number of hydrogen-bond donors (Lipinski definition) is 2. The Bertz CT molecular complexity index is 1370. The number of amides is 1. The number of carbonyl (C=O) groups excluding carboxylic acids is 1. The van der Waals surface area contributed by atoms with Crippen LogP contribution in [0.25, 0.3) is 0 Å². The minimum Gasteiger partial charge on any atom is -0.493 e. The predicted octanol–water partition coefficient (Wildman–Crippen LogP) is 5.58. The summed E-state index contributed by atoms with van der Waals surface area (Å²) in [5, 5.41) is 0. The SMILES string of the molecule is NC1CC2CCC(C1)N2C(=O)C(NS(=O)(=O)c1ccc(OCC2CCCCC2)cc1)C(F)(F)c1ccc(C(F)(F)F)cc1. The molecule has 43 heavy (non-hydrogen) atoms. The molecule has 2 aliphatic heterocycles. The smallest absolute Gasteiger partial charge is 0.416 e. The molecule has 3 N–H and O–H groups in total. The van der Waals surface area contributed by atoms with Crippen LogP contribution in [0.3, 0.4) is 0 Å². The first-order valence-electron chi connectivity index (χ1n) is 14.6. The number of rotatable bonds is 9. The lowest BCUT2D eigenvalue weighted by molar-refractivity contribution is -0.149. The fourth-order valence-corrected chi connectivity index (χ4v) is 7.75. The lowest BCUT2D eigenvalue weighted by Crippen LogP contribution is -2.60. The summed E-state index contributed by atoms with van der Waals surface area (Å²) in [6.45, 7) is 0.488. The molecule has 2 aromatic carbocycles. The number of hydrogen-bond acceptors (Lipinski definition) is 5. The van der Waals surface area contributed by atoms with Gasteiger partial charge in [-0.1, -0.05) is 31.4 Å². The predicted molar refractivity (Wildman–Crippen MR) is 149 cm³/mol. The Hall–Kier alpha value is -2.77. The van der Waals surface area contributed by atoms with E-state index in [1.54, 1.807) is 0 Å².